The van der Waals surface area contributed by atoms with Gasteiger partial charge in [0.2, 0.25) is 11.8 Å². The zero-order chi connectivity index (χ0) is 17.5. The highest BCUT2D eigenvalue weighted by molar-refractivity contribution is 6.42. The number of phenols is 1. The van der Waals surface area contributed by atoms with Gasteiger partial charge in [-0.3, -0.25) is 9.59 Å². The fourth-order valence-electron chi connectivity index (χ4n) is 1.70. The van der Waals surface area contributed by atoms with E-state index in [1.54, 1.807) is 24.3 Å². The number of amides is 2. The van der Waals surface area contributed by atoms with Crippen LogP contribution < -0.4 is 10.7 Å². The minimum Gasteiger partial charge on any atom is -0.508 e. The highest BCUT2D eigenvalue weighted by Crippen LogP contribution is 2.24. The lowest BCUT2D eigenvalue weighted by molar-refractivity contribution is -0.126. The van der Waals surface area contributed by atoms with Gasteiger partial charge in [0.05, 0.1) is 16.3 Å². The summed E-state index contributed by atoms with van der Waals surface area (Å²) >= 11 is 11.6. The summed E-state index contributed by atoms with van der Waals surface area (Å²) in [5.74, 6) is -0.941. The molecular formula is C16H13Cl2N3O3. The summed E-state index contributed by atoms with van der Waals surface area (Å²) in [4.78, 5) is 23.4. The molecule has 2 amide bonds. The Morgan fingerprint density at radius 1 is 1.04 bits per heavy atom. The van der Waals surface area contributed by atoms with Crippen LogP contribution in [-0.4, -0.2) is 23.1 Å². The Bertz CT molecular complexity index is 777. The summed E-state index contributed by atoms with van der Waals surface area (Å²) in [6, 6.07) is 10.9. The highest BCUT2D eigenvalue weighted by atomic mass is 35.5. The Kier molecular flexibility index (Phi) is 6.17. The van der Waals surface area contributed by atoms with Gasteiger partial charge in [-0.2, -0.15) is 5.10 Å². The fraction of sp³-hybridized carbons (Fsp3) is 0.0625. The van der Waals surface area contributed by atoms with Crippen LogP contribution in [0.1, 0.15) is 12.0 Å². The van der Waals surface area contributed by atoms with Gasteiger partial charge in [0.15, 0.2) is 0 Å². The molecule has 0 heterocycles. The molecule has 124 valence electrons. The van der Waals surface area contributed by atoms with Crippen molar-refractivity contribution in [1.29, 1.82) is 0 Å². The number of phenolic OH excluding ortho intramolecular Hbond substituents is 1. The molecule has 3 N–H and O–H groups in total. The van der Waals surface area contributed by atoms with Crippen LogP contribution in [-0.2, 0) is 9.59 Å². The lowest BCUT2D eigenvalue weighted by Gasteiger charge is -2.05. The van der Waals surface area contributed by atoms with Crippen LogP contribution in [0.2, 0.25) is 10.0 Å². The van der Waals surface area contributed by atoms with Crippen LogP contribution in [0.15, 0.2) is 47.6 Å². The second-order valence-electron chi connectivity index (χ2n) is 4.74. The predicted octanol–water partition coefficient (Wildman–Crippen LogP) is 3.18. The number of anilines is 1. The van der Waals surface area contributed by atoms with Gasteiger partial charge < -0.3 is 10.4 Å². The van der Waals surface area contributed by atoms with Crippen molar-refractivity contribution in [3.8, 4) is 5.75 Å². The lowest BCUT2D eigenvalue weighted by Crippen LogP contribution is -2.24. The molecular weight excluding hydrogens is 353 g/mol. The van der Waals surface area contributed by atoms with Crippen molar-refractivity contribution in [2.24, 2.45) is 5.10 Å². The molecule has 0 aliphatic heterocycles. The Hall–Kier alpha value is -2.57. The maximum atomic E-state index is 11.8. The van der Waals surface area contributed by atoms with Crippen LogP contribution in [0.3, 0.4) is 0 Å². The quantitative estimate of drug-likeness (QED) is 0.431. The maximum absolute atomic E-state index is 11.8. The van der Waals surface area contributed by atoms with Gasteiger partial charge >= 0.3 is 0 Å². The van der Waals surface area contributed by atoms with E-state index in [0.29, 0.717) is 21.3 Å². The molecule has 0 unspecified atom stereocenters. The number of nitrogens with zero attached hydrogens (tertiary/aromatic N) is 1. The van der Waals surface area contributed by atoms with Crippen molar-refractivity contribution >= 4 is 46.9 Å². The van der Waals surface area contributed by atoms with E-state index in [1.165, 1.54) is 24.4 Å². The van der Waals surface area contributed by atoms with E-state index < -0.39 is 18.2 Å². The van der Waals surface area contributed by atoms with Crippen molar-refractivity contribution in [2.75, 3.05) is 5.32 Å². The van der Waals surface area contributed by atoms with Crippen LogP contribution in [0.4, 0.5) is 5.69 Å². The standard InChI is InChI=1S/C16H13Cl2N3O3/c17-13-6-3-11(7-14(13)18)20-15(23)8-16(24)21-19-9-10-1-4-12(22)5-2-10/h1-7,9,22H,8H2,(H,20,23)(H,21,24)/b19-9-. The normalized spacial score (nSPS) is 10.6. The number of benzene rings is 2. The van der Waals surface area contributed by atoms with Crippen molar-refractivity contribution in [3.05, 3.63) is 58.1 Å². The number of carbonyl (C=O) groups excluding carboxylic acids is 2. The van der Waals surface area contributed by atoms with E-state index in [9.17, 15) is 9.59 Å². The number of nitrogens with one attached hydrogen (secondary N) is 2. The number of rotatable bonds is 5. The first-order valence-corrected chi connectivity index (χ1v) is 7.55. The molecule has 8 heteroatoms. The average Bonchev–Trinajstić information content (AvgIpc) is 2.53. The largest absolute Gasteiger partial charge is 0.508 e. The van der Waals surface area contributed by atoms with Crippen LogP contribution in [0.25, 0.3) is 0 Å². The van der Waals surface area contributed by atoms with Crippen molar-refractivity contribution < 1.29 is 14.7 Å². The molecule has 0 aliphatic carbocycles. The summed E-state index contributed by atoms with van der Waals surface area (Å²) in [6.45, 7) is 0. The number of aromatic hydroxyl groups is 1. The maximum Gasteiger partial charge on any atom is 0.249 e. The van der Waals surface area contributed by atoms with Crippen LogP contribution in [0.5, 0.6) is 5.75 Å². The summed E-state index contributed by atoms with van der Waals surface area (Å²) in [6.07, 6.45) is 1.00. The van der Waals surface area contributed by atoms with E-state index in [4.69, 9.17) is 28.3 Å². The van der Waals surface area contributed by atoms with Crippen molar-refractivity contribution in [2.45, 2.75) is 6.42 Å². The van der Waals surface area contributed by atoms with E-state index in [0.717, 1.165) is 0 Å². The van der Waals surface area contributed by atoms with Crippen molar-refractivity contribution in [3.63, 3.8) is 0 Å². The average molecular weight is 366 g/mol. The topological polar surface area (TPSA) is 90.8 Å². The van der Waals surface area contributed by atoms with Gasteiger partial charge in [0, 0.05) is 5.69 Å². The van der Waals surface area contributed by atoms with Gasteiger partial charge in [0.25, 0.3) is 0 Å². The monoisotopic (exact) mass is 365 g/mol. The minimum atomic E-state index is -0.567. The molecule has 0 saturated carbocycles. The highest BCUT2D eigenvalue weighted by Gasteiger charge is 2.09. The first-order valence-electron chi connectivity index (χ1n) is 6.80. The summed E-state index contributed by atoms with van der Waals surface area (Å²) in [5.41, 5.74) is 3.37. The van der Waals surface area contributed by atoms with E-state index >= 15 is 0 Å². The lowest BCUT2D eigenvalue weighted by atomic mass is 10.2. The molecule has 0 spiro atoms. The third-order valence-electron chi connectivity index (χ3n) is 2.82. The zero-order valence-electron chi connectivity index (χ0n) is 12.3. The molecule has 0 bridgehead atoms. The summed E-state index contributed by atoms with van der Waals surface area (Å²) in [5, 5.41) is 16.1. The second-order valence-corrected chi connectivity index (χ2v) is 5.55. The second kappa shape index (κ2) is 8.33. The molecule has 0 aliphatic rings. The Balaban J connectivity index is 1.81. The molecule has 6 nitrogen and oxygen atoms in total. The number of hydrazone groups is 1. The van der Waals surface area contributed by atoms with Crippen molar-refractivity contribution in [1.82, 2.24) is 5.43 Å². The molecule has 0 fully saturated rings. The molecule has 0 atom stereocenters. The predicted molar refractivity (Wildman–Crippen MR) is 93.6 cm³/mol. The van der Waals surface area contributed by atoms with E-state index in [1.807, 2.05) is 0 Å². The minimum absolute atomic E-state index is 0.134. The molecule has 0 saturated heterocycles. The molecule has 2 aromatic rings. The Morgan fingerprint density at radius 3 is 2.42 bits per heavy atom. The van der Waals surface area contributed by atoms with E-state index in [2.05, 4.69) is 15.8 Å². The fourth-order valence-corrected chi connectivity index (χ4v) is 2.00. The number of hydrogen-bond donors (Lipinski definition) is 3. The molecule has 2 rings (SSSR count). The van der Waals surface area contributed by atoms with Crippen LogP contribution in [0, 0.1) is 0 Å². The molecule has 2 aromatic carbocycles. The van der Waals surface area contributed by atoms with Gasteiger partial charge in [0.1, 0.15) is 12.2 Å². The third kappa shape index (κ3) is 5.57. The van der Waals surface area contributed by atoms with Gasteiger partial charge in [-0.25, -0.2) is 5.43 Å². The summed E-state index contributed by atoms with van der Waals surface area (Å²) < 4.78 is 0. The smallest absolute Gasteiger partial charge is 0.249 e. The molecule has 24 heavy (non-hydrogen) atoms. The van der Waals surface area contributed by atoms with Gasteiger partial charge in [-0.15, -0.1) is 0 Å². The van der Waals surface area contributed by atoms with Gasteiger partial charge in [-0.1, -0.05) is 23.2 Å². The molecule has 0 aromatic heterocycles. The zero-order valence-corrected chi connectivity index (χ0v) is 13.8. The number of hydrogen-bond acceptors (Lipinski definition) is 4. The first-order chi connectivity index (χ1) is 11.4. The van der Waals surface area contributed by atoms with Gasteiger partial charge in [-0.05, 0) is 48.0 Å². The first kappa shape index (κ1) is 17.8. The number of carbonyl (C=O) groups is 2. The third-order valence-corrected chi connectivity index (χ3v) is 3.56. The number of halogens is 2. The Labute approximate surface area is 148 Å². The molecule has 0 radical (unpaired) electrons. The van der Waals surface area contributed by atoms with Crippen LogP contribution >= 0.6 is 23.2 Å². The van der Waals surface area contributed by atoms with E-state index in [-0.39, 0.29) is 5.75 Å². The SMILES string of the molecule is O=C(CC(=O)Nc1ccc(Cl)c(Cl)c1)N/N=C\c1ccc(O)cc1. The summed E-state index contributed by atoms with van der Waals surface area (Å²) in [7, 11) is 0. The Morgan fingerprint density at radius 2 is 1.75 bits per heavy atom.